The Kier molecular flexibility index (Phi) is 7.12. The second-order valence-electron chi connectivity index (χ2n) is 6.95. The van der Waals surface area contributed by atoms with E-state index >= 15 is 0 Å². The predicted molar refractivity (Wildman–Crippen MR) is 107 cm³/mol. The number of carbonyl (C=O) groups excluding carboxylic acids is 1. The van der Waals surface area contributed by atoms with E-state index in [9.17, 15) is 13.2 Å². The molecule has 3 rings (SSSR count). The Morgan fingerprint density at radius 3 is 2.65 bits per heavy atom. The smallest absolute Gasteiger partial charge is 0.252 e. The van der Waals surface area contributed by atoms with Crippen LogP contribution in [0.2, 0.25) is 0 Å². The number of sulfonamides is 1. The quantitative estimate of drug-likeness (QED) is 0.703. The van der Waals surface area contributed by atoms with E-state index in [4.69, 9.17) is 0 Å². The molecule has 0 saturated carbocycles. The van der Waals surface area contributed by atoms with Crippen LogP contribution in [-0.4, -0.2) is 62.8 Å². The molecule has 1 N–H and O–H groups in total. The van der Waals surface area contributed by atoms with Crippen LogP contribution in [-0.2, 0) is 14.8 Å². The lowest BCUT2D eigenvalue weighted by Crippen LogP contribution is -2.46. The second-order valence-corrected chi connectivity index (χ2v) is 11.6. The lowest BCUT2D eigenvalue weighted by molar-refractivity contribution is -0.126. The molecule has 1 atom stereocenters. The van der Waals surface area contributed by atoms with Gasteiger partial charge >= 0.3 is 0 Å². The van der Waals surface area contributed by atoms with Gasteiger partial charge < -0.3 is 10.2 Å². The van der Waals surface area contributed by atoms with Crippen molar-refractivity contribution < 1.29 is 13.2 Å². The molecule has 0 aromatic carbocycles. The Morgan fingerprint density at radius 2 is 1.96 bits per heavy atom. The Morgan fingerprint density at radius 1 is 1.19 bits per heavy atom. The van der Waals surface area contributed by atoms with Gasteiger partial charge in [0, 0.05) is 26.2 Å². The summed E-state index contributed by atoms with van der Waals surface area (Å²) in [6.07, 6.45) is 5.24. The third-order valence-corrected chi connectivity index (χ3v) is 9.03. The van der Waals surface area contributed by atoms with Gasteiger partial charge in [-0.25, -0.2) is 8.42 Å². The first-order chi connectivity index (χ1) is 12.5. The highest BCUT2D eigenvalue weighted by atomic mass is 79.9. The molecule has 26 heavy (non-hydrogen) atoms. The van der Waals surface area contributed by atoms with Crippen LogP contribution in [0.5, 0.6) is 0 Å². The number of carbonyl (C=O) groups is 1. The molecule has 1 amide bonds. The van der Waals surface area contributed by atoms with Crippen molar-refractivity contribution in [2.24, 2.45) is 5.92 Å². The fourth-order valence-electron chi connectivity index (χ4n) is 3.60. The number of nitrogens with one attached hydrogen (secondary N) is 1. The Balaban J connectivity index is 1.51. The topological polar surface area (TPSA) is 69.7 Å². The molecular formula is C17H26BrN3O3S2. The van der Waals surface area contributed by atoms with Crippen molar-refractivity contribution in [3.8, 4) is 0 Å². The van der Waals surface area contributed by atoms with Crippen LogP contribution < -0.4 is 5.32 Å². The first kappa shape index (κ1) is 20.3. The summed E-state index contributed by atoms with van der Waals surface area (Å²) in [5.41, 5.74) is 0. The van der Waals surface area contributed by atoms with Gasteiger partial charge in [0.25, 0.3) is 10.0 Å². The Bertz CT molecular complexity index is 717. The summed E-state index contributed by atoms with van der Waals surface area (Å²) in [6, 6.07) is 3.36. The highest BCUT2D eigenvalue weighted by molar-refractivity contribution is 9.11. The van der Waals surface area contributed by atoms with E-state index in [0.717, 1.165) is 36.3 Å². The molecule has 1 aromatic heterocycles. The lowest BCUT2D eigenvalue weighted by atomic mass is 9.99. The van der Waals surface area contributed by atoms with Gasteiger partial charge in [-0.2, -0.15) is 4.31 Å². The maximum atomic E-state index is 12.8. The summed E-state index contributed by atoms with van der Waals surface area (Å²) in [6.45, 7) is 4.50. The van der Waals surface area contributed by atoms with E-state index in [2.05, 4.69) is 26.1 Å². The van der Waals surface area contributed by atoms with Gasteiger partial charge in [0.1, 0.15) is 4.21 Å². The zero-order valence-electron chi connectivity index (χ0n) is 14.8. The molecule has 2 fully saturated rings. The minimum absolute atomic E-state index is 0.0192. The standard InChI is InChI=1S/C17H26BrN3O3S2/c18-15-6-7-16(25-15)26(23,24)21-11-4-5-14(13-21)17(22)19-8-12-20-9-2-1-3-10-20/h6-7,14H,1-5,8-13H2,(H,19,22). The van der Waals surface area contributed by atoms with Gasteiger partial charge in [0.05, 0.1) is 9.70 Å². The van der Waals surface area contributed by atoms with Gasteiger partial charge in [-0.15, -0.1) is 11.3 Å². The van der Waals surface area contributed by atoms with Crippen molar-refractivity contribution in [1.29, 1.82) is 0 Å². The minimum atomic E-state index is -3.51. The van der Waals surface area contributed by atoms with E-state index in [1.807, 2.05) is 0 Å². The van der Waals surface area contributed by atoms with Crippen LogP contribution in [0.1, 0.15) is 32.1 Å². The molecule has 2 aliphatic heterocycles. The molecule has 6 nitrogen and oxygen atoms in total. The number of nitrogens with zero attached hydrogens (tertiary/aromatic N) is 2. The average molecular weight is 464 g/mol. The normalized spacial score (nSPS) is 23.0. The van der Waals surface area contributed by atoms with E-state index in [0.29, 0.717) is 17.3 Å². The molecule has 0 aliphatic carbocycles. The number of thiophene rings is 1. The van der Waals surface area contributed by atoms with Crippen molar-refractivity contribution in [1.82, 2.24) is 14.5 Å². The maximum absolute atomic E-state index is 12.8. The molecular weight excluding hydrogens is 438 g/mol. The molecule has 3 heterocycles. The number of rotatable bonds is 6. The average Bonchev–Trinajstić information content (AvgIpc) is 3.10. The number of amides is 1. The van der Waals surface area contributed by atoms with Crippen LogP contribution >= 0.6 is 27.3 Å². The van der Waals surface area contributed by atoms with Gasteiger partial charge in [0.2, 0.25) is 5.91 Å². The summed E-state index contributed by atoms with van der Waals surface area (Å²) < 4.78 is 28.1. The van der Waals surface area contributed by atoms with Crippen molar-refractivity contribution in [2.45, 2.75) is 36.3 Å². The number of likely N-dealkylation sites (tertiary alicyclic amines) is 1. The molecule has 1 unspecified atom stereocenters. The summed E-state index contributed by atoms with van der Waals surface area (Å²) in [5.74, 6) is -0.280. The van der Waals surface area contributed by atoms with E-state index < -0.39 is 10.0 Å². The molecule has 2 aliphatic rings. The zero-order chi connectivity index (χ0) is 18.6. The third kappa shape index (κ3) is 5.07. The van der Waals surface area contributed by atoms with Crippen LogP contribution in [0.15, 0.2) is 20.1 Å². The van der Waals surface area contributed by atoms with Gasteiger partial charge in [0.15, 0.2) is 0 Å². The molecule has 146 valence electrons. The predicted octanol–water partition coefficient (Wildman–Crippen LogP) is 2.51. The fourth-order valence-corrected chi connectivity index (χ4v) is 7.29. The molecule has 1 aromatic rings. The Labute approximate surface area is 168 Å². The zero-order valence-corrected chi connectivity index (χ0v) is 18.0. The summed E-state index contributed by atoms with van der Waals surface area (Å²) in [4.78, 5) is 14.9. The van der Waals surface area contributed by atoms with Gasteiger partial charge in [-0.1, -0.05) is 6.42 Å². The van der Waals surface area contributed by atoms with E-state index in [-0.39, 0.29) is 18.4 Å². The van der Waals surface area contributed by atoms with Crippen LogP contribution in [0, 0.1) is 5.92 Å². The fraction of sp³-hybridized carbons (Fsp3) is 0.706. The highest BCUT2D eigenvalue weighted by Gasteiger charge is 2.34. The molecule has 0 bridgehead atoms. The molecule has 2 saturated heterocycles. The summed E-state index contributed by atoms with van der Waals surface area (Å²) >= 11 is 4.52. The number of halogens is 1. The highest BCUT2D eigenvalue weighted by Crippen LogP contribution is 2.30. The van der Waals surface area contributed by atoms with Crippen molar-refractivity contribution in [2.75, 3.05) is 39.3 Å². The van der Waals surface area contributed by atoms with E-state index in [1.54, 1.807) is 12.1 Å². The van der Waals surface area contributed by atoms with Gasteiger partial charge in [-0.3, -0.25) is 4.79 Å². The van der Waals surface area contributed by atoms with E-state index in [1.165, 1.54) is 34.9 Å². The largest absolute Gasteiger partial charge is 0.355 e. The SMILES string of the molecule is O=C(NCCN1CCCCC1)C1CCCN(S(=O)(=O)c2ccc(Br)s2)C1. The first-order valence-corrected chi connectivity index (χ1v) is 12.3. The monoisotopic (exact) mass is 463 g/mol. The maximum Gasteiger partial charge on any atom is 0.252 e. The summed E-state index contributed by atoms with van der Waals surface area (Å²) in [5, 5.41) is 3.01. The first-order valence-electron chi connectivity index (χ1n) is 9.22. The second kappa shape index (κ2) is 9.14. The number of hydrogen-bond donors (Lipinski definition) is 1. The number of piperidine rings is 2. The summed E-state index contributed by atoms with van der Waals surface area (Å²) in [7, 11) is -3.51. The number of hydrogen-bond acceptors (Lipinski definition) is 5. The van der Waals surface area contributed by atoms with Crippen molar-refractivity contribution in [3.05, 3.63) is 15.9 Å². The minimum Gasteiger partial charge on any atom is -0.355 e. The van der Waals surface area contributed by atoms with Crippen molar-refractivity contribution >= 4 is 43.2 Å². The van der Waals surface area contributed by atoms with Crippen LogP contribution in [0.4, 0.5) is 0 Å². The van der Waals surface area contributed by atoms with Crippen molar-refractivity contribution in [3.63, 3.8) is 0 Å². The molecule has 0 radical (unpaired) electrons. The van der Waals surface area contributed by atoms with Crippen LogP contribution in [0.3, 0.4) is 0 Å². The third-order valence-electron chi connectivity index (χ3n) is 5.07. The van der Waals surface area contributed by atoms with Gasteiger partial charge in [-0.05, 0) is 66.8 Å². The molecule has 0 spiro atoms. The molecule has 9 heteroatoms. The van der Waals surface area contributed by atoms with Crippen LogP contribution in [0.25, 0.3) is 0 Å². The lowest BCUT2D eigenvalue weighted by Gasteiger charge is -2.31. The Hall–Kier alpha value is -0.480.